The number of nitrogens with zero attached hydrogens (tertiary/aromatic N) is 2. The van der Waals surface area contributed by atoms with Crippen LogP contribution in [0.3, 0.4) is 0 Å². The van der Waals surface area contributed by atoms with Crippen molar-refractivity contribution in [3.63, 3.8) is 0 Å². The molecule has 2 unspecified atom stereocenters. The normalized spacial score (nSPS) is 22.4. The third-order valence-corrected chi connectivity index (χ3v) is 5.87. The van der Waals surface area contributed by atoms with Crippen LogP contribution in [0.2, 0.25) is 0 Å². The number of alkyl halides is 3. The van der Waals surface area contributed by atoms with E-state index < -0.39 is 18.6 Å². The molecule has 2 aromatic rings. The highest BCUT2D eigenvalue weighted by atomic mass is 19.4. The molecule has 2 aliphatic heterocycles. The van der Waals surface area contributed by atoms with Gasteiger partial charge in [0, 0.05) is 24.2 Å². The number of ether oxygens (including phenoxy) is 5. The summed E-state index contributed by atoms with van der Waals surface area (Å²) in [5.41, 5.74) is 1.33. The number of aromatic nitrogens is 1. The van der Waals surface area contributed by atoms with E-state index in [4.69, 9.17) is 18.9 Å². The molecule has 2 saturated heterocycles. The minimum Gasteiger partial charge on any atom is -0.493 e. The maximum absolute atomic E-state index is 13.2. The summed E-state index contributed by atoms with van der Waals surface area (Å²) < 4.78 is 62.4. The molecule has 8 nitrogen and oxygen atoms in total. The van der Waals surface area contributed by atoms with Gasteiger partial charge in [0.15, 0.2) is 11.5 Å². The number of hydrogen-bond acceptors (Lipinski definition) is 7. The number of likely N-dealkylation sites (tertiary alicyclic amines) is 1. The van der Waals surface area contributed by atoms with E-state index in [9.17, 15) is 18.0 Å². The summed E-state index contributed by atoms with van der Waals surface area (Å²) in [4.78, 5) is 19.5. The van der Waals surface area contributed by atoms with Crippen molar-refractivity contribution in [3.8, 4) is 11.5 Å². The lowest BCUT2D eigenvalue weighted by Gasteiger charge is -2.41. The van der Waals surface area contributed by atoms with Gasteiger partial charge in [-0.2, -0.15) is 0 Å². The van der Waals surface area contributed by atoms with Crippen molar-refractivity contribution in [2.24, 2.45) is 0 Å². The van der Waals surface area contributed by atoms with Crippen LogP contribution in [0.5, 0.6) is 11.5 Å². The summed E-state index contributed by atoms with van der Waals surface area (Å²) >= 11 is 0. The topological polar surface area (TPSA) is 79.4 Å². The van der Waals surface area contributed by atoms with E-state index in [-0.39, 0.29) is 36.9 Å². The third-order valence-electron chi connectivity index (χ3n) is 5.87. The summed E-state index contributed by atoms with van der Waals surface area (Å²) in [6.45, 7) is 1.80. The van der Waals surface area contributed by atoms with Crippen LogP contribution in [0.4, 0.5) is 13.2 Å². The average Bonchev–Trinajstić information content (AvgIpc) is 3.25. The van der Waals surface area contributed by atoms with Crippen molar-refractivity contribution in [1.29, 1.82) is 0 Å². The second kappa shape index (κ2) is 9.77. The highest BCUT2D eigenvalue weighted by Gasteiger charge is 2.52. The van der Waals surface area contributed by atoms with E-state index in [1.807, 2.05) is 25.1 Å². The van der Waals surface area contributed by atoms with Gasteiger partial charge in [0.25, 0.3) is 5.91 Å². The van der Waals surface area contributed by atoms with Gasteiger partial charge in [0.1, 0.15) is 25.1 Å². The summed E-state index contributed by atoms with van der Waals surface area (Å²) in [6, 6.07) is 10.3. The molecule has 1 amide bonds. The number of aryl methyl sites for hydroxylation is 1. The Kier molecular flexibility index (Phi) is 6.96. The Morgan fingerprint density at radius 2 is 2.06 bits per heavy atom. The number of halogens is 3. The molecule has 11 heteroatoms. The smallest absolute Gasteiger partial charge is 0.493 e. The van der Waals surface area contributed by atoms with Gasteiger partial charge >= 0.3 is 6.36 Å². The Balaban J connectivity index is 1.43. The van der Waals surface area contributed by atoms with E-state index in [1.54, 1.807) is 11.0 Å². The predicted molar refractivity (Wildman–Crippen MR) is 112 cm³/mol. The predicted octanol–water partition coefficient (Wildman–Crippen LogP) is 3.43. The first kappa shape index (κ1) is 24.2. The number of carbonyl (C=O) groups excluding carboxylic acids is 1. The Morgan fingerprint density at radius 3 is 2.79 bits per heavy atom. The van der Waals surface area contributed by atoms with E-state index in [2.05, 4.69) is 9.72 Å². The molecule has 34 heavy (non-hydrogen) atoms. The number of pyridine rings is 1. The number of amides is 1. The lowest BCUT2D eigenvalue weighted by molar-refractivity contribution is -0.325. The molecule has 184 valence electrons. The van der Waals surface area contributed by atoms with E-state index in [0.717, 1.165) is 11.4 Å². The second-order valence-electron chi connectivity index (χ2n) is 7.98. The zero-order valence-corrected chi connectivity index (χ0v) is 18.8. The van der Waals surface area contributed by atoms with Gasteiger partial charge < -0.3 is 23.8 Å². The zero-order valence-electron chi connectivity index (χ0n) is 18.8. The average molecular weight is 482 g/mol. The van der Waals surface area contributed by atoms with Gasteiger partial charge in [-0.3, -0.25) is 14.5 Å². The fraction of sp³-hybridized carbons (Fsp3) is 0.478. The third kappa shape index (κ3) is 5.11. The van der Waals surface area contributed by atoms with E-state index in [0.29, 0.717) is 25.1 Å². The number of piperidine rings is 1. The standard InChI is InChI=1S/C23H25F3N2O6/c1-15-4-3-5-19(27-15)22-8-9-28(13-20(22)32-14-34-22)21(29)16-6-7-17(18(12-16)30-2)31-10-11-33-23(24,25)26/h3-7,12,20H,8-11,13-14H2,1-2H3. The molecule has 4 rings (SSSR count). The Hall–Kier alpha value is -2.89. The van der Waals surface area contributed by atoms with Gasteiger partial charge in [-0.25, -0.2) is 0 Å². The minimum atomic E-state index is -4.72. The number of fused-ring (bicyclic) bond motifs is 1. The highest BCUT2D eigenvalue weighted by Crippen LogP contribution is 2.42. The van der Waals surface area contributed by atoms with Gasteiger partial charge in [-0.05, 0) is 37.3 Å². The second-order valence-corrected chi connectivity index (χ2v) is 7.98. The lowest BCUT2D eigenvalue weighted by atomic mass is 9.84. The fourth-order valence-corrected chi connectivity index (χ4v) is 4.22. The van der Waals surface area contributed by atoms with Crippen LogP contribution >= 0.6 is 0 Å². The molecule has 2 fully saturated rings. The largest absolute Gasteiger partial charge is 0.522 e. The van der Waals surface area contributed by atoms with Crippen molar-refractivity contribution >= 4 is 5.91 Å². The summed E-state index contributed by atoms with van der Waals surface area (Å²) in [7, 11) is 1.39. The first-order chi connectivity index (χ1) is 16.2. The fourth-order valence-electron chi connectivity index (χ4n) is 4.22. The molecule has 1 aromatic carbocycles. The van der Waals surface area contributed by atoms with Gasteiger partial charge in [0.2, 0.25) is 0 Å². The number of carbonyl (C=O) groups is 1. The molecule has 2 aliphatic rings. The molecule has 0 N–H and O–H groups in total. The molecular formula is C23H25F3N2O6. The molecule has 0 aliphatic carbocycles. The molecular weight excluding hydrogens is 457 g/mol. The van der Waals surface area contributed by atoms with Crippen molar-refractivity contribution in [3.05, 3.63) is 53.3 Å². The molecule has 3 heterocycles. The van der Waals surface area contributed by atoms with Crippen LogP contribution in [-0.2, 0) is 19.8 Å². The van der Waals surface area contributed by atoms with Crippen LogP contribution in [0.25, 0.3) is 0 Å². The van der Waals surface area contributed by atoms with Crippen LogP contribution in [-0.4, -0.2) is 68.5 Å². The van der Waals surface area contributed by atoms with Crippen molar-refractivity contribution in [2.45, 2.75) is 31.4 Å². The van der Waals surface area contributed by atoms with E-state index >= 15 is 0 Å². The van der Waals surface area contributed by atoms with Crippen LogP contribution in [0, 0.1) is 6.92 Å². The lowest BCUT2D eigenvalue weighted by Crippen LogP contribution is -2.53. The van der Waals surface area contributed by atoms with Gasteiger partial charge in [-0.1, -0.05) is 6.07 Å². The van der Waals surface area contributed by atoms with Crippen molar-refractivity contribution < 1.29 is 41.7 Å². The van der Waals surface area contributed by atoms with Crippen LogP contribution < -0.4 is 9.47 Å². The first-order valence-corrected chi connectivity index (χ1v) is 10.7. The molecule has 2 atom stereocenters. The number of rotatable bonds is 7. The summed E-state index contributed by atoms with van der Waals surface area (Å²) in [6.07, 6.45) is -4.56. The molecule has 0 saturated carbocycles. The molecule has 0 spiro atoms. The van der Waals surface area contributed by atoms with Crippen molar-refractivity contribution in [1.82, 2.24) is 9.88 Å². The van der Waals surface area contributed by atoms with E-state index in [1.165, 1.54) is 19.2 Å². The van der Waals surface area contributed by atoms with Crippen molar-refractivity contribution in [2.75, 3.05) is 40.2 Å². The minimum absolute atomic E-state index is 0.125. The monoisotopic (exact) mass is 482 g/mol. The van der Waals surface area contributed by atoms with Crippen LogP contribution in [0.15, 0.2) is 36.4 Å². The number of methoxy groups -OCH3 is 1. The quantitative estimate of drug-likeness (QED) is 0.560. The Morgan fingerprint density at radius 1 is 1.24 bits per heavy atom. The Labute approximate surface area is 194 Å². The maximum Gasteiger partial charge on any atom is 0.522 e. The summed E-state index contributed by atoms with van der Waals surface area (Å²) in [5.74, 6) is 0.209. The molecule has 0 bridgehead atoms. The zero-order chi connectivity index (χ0) is 24.3. The molecule has 0 radical (unpaired) electrons. The SMILES string of the molecule is COc1cc(C(=O)N2CCC3(c4cccc(C)n4)OCOC3C2)ccc1OCCOC(F)(F)F. The first-order valence-electron chi connectivity index (χ1n) is 10.7. The number of benzene rings is 1. The van der Waals surface area contributed by atoms with Gasteiger partial charge in [0.05, 0.1) is 26.0 Å². The summed E-state index contributed by atoms with van der Waals surface area (Å²) in [5, 5.41) is 0. The number of hydrogen-bond donors (Lipinski definition) is 0. The maximum atomic E-state index is 13.2. The van der Waals surface area contributed by atoms with Gasteiger partial charge in [-0.15, -0.1) is 13.2 Å². The van der Waals surface area contributed by atoms with Crippen LogP contribution in [0.1, 0.15) is 28.2 Å². The Bertz CT molecular complexity index is 1030. The molecule has 1 aromatic heterocycles. The highest BCUT2D eigenvalue weighted by molar-refractivity contribution is 5.95.